The van der Waals surface area contributed by atoms with Crippen molar-refractivity contribution in [1.82, 2.24) is 0 Å². The van der Waals surface area contributed by atoms with Gasteiger partial charge in [-0.1, -0.05) is 75.9 Å². The zero-order valence-corrected chi connectivity index (χ0v) is 15.5. The molecule has 0 heterocycles. The van der Waals surface area contributed by atoms with Crippen LogP contribution in [0.25, 0.3) is 5.57 Å². The molecule has 0 radical (unpaired) electrons. The third-order valence-electron chi connectivity index (χ3n) is 4.91. The molecule has 1 unspecified atom stereocenters. The van der Waals surface area contributed by atoms with Crippen molar-refractivity contribution in [3.05, 3.63) is 66.8 Å². The Hall–Kier alpha value is -1.38. The molecule has 22 heavy (non-hydrogen) atoms. The molecule has 0 amide bonds. The summed E-state index contributed by atoms with van der Waals surface area (Å²) in [7, 11) is -1.91. The zero-order chi connectivity index (χ0) is 16.4. The van der Waals surface area contributed by atoms with Gasteiger partial charge in [-0.2, -0.15) is 0 Å². The number of hydrogen-bond acceptors (Lipinski definition) is 1. The Kier molecular flexibility index (Phi) is 4.64. The summed E-state index contributed by atoms with van der Waals surface area (Å²) in [5, 5.41) is 0.173. The molecular formula is C20H28OSi. The van der Waals surface area contributed by atoms with Gasteiger partial charge in [0.25, 0.3) is 0 Å². The van der Waals surface area contributed by atoms with Gasteiger partial charge in [0.1, 0.15) is 5.60 Å². The van der Waals surface area contributed by atoms with Crippen molar-refractivity contribution in [2.75, 3.05) is 0 Å². The molecule has 1 aromatic rings. The third-order valence-corrected chi connectivity index (χ3v) is 9.40. The molecule has 2 heteroatoms. The minimum absolute atomic E-state index is 0.173. The fraction of sp³-hybridized carbons (Fsp3) is 0.400. The Morgan fingerprint density at radius 3 is 2.27 bits per heavy atom. The Bertz CT molecular complexity index is 590. The van der Waals surface area contributed by atoms with E-state index in [0.717, 1.165) is 17.6 Å². The maximum Gasteiger partial charge on any atom is 0.193 e. The highest BCUT2D eigenvalue weighted by atomic mass is 28.4. The van der Waals surface area contributed by atoms with Crippen LogP contribution in [0, 0.1) is 0 Å². The van der Waals surface area contributed by atoms with Gasteiger partial charge < -0.3 is 4.43 Å². The molecule has 0 bridgehead atoms. The lowest BCUT2D eigenvalue weighted by Gasteiger charge is -2.46. The molecule has 2 rings (SSSR count). The van der Waals surface area contributed by atoms with Crippen LogP contribution in [0.4, 0.5) is 0 Å². The van der Waals surface area contributed by atoms with E-state index in [0.29, 0.717) is 0 Å². The SMILES string of the molecule is C=C(c1ccccc1)C1(O[Si](C)(C)C(C)(C)C)C=CC=CC1. The Morgan fingerprint density at radius 2 is 1.77 bits per heavy atom. The molecule has 0 fully saturated rings. The van der Waals surface area contributed by atoms with Crippen molar-refractivity contribution in [3.63, 3.8) is 0 Å². The summed E-state index contributed by atoms with van der Waals surface area (Å²) in [5.41, 5.74) is 1.79. The molecule has 0 N–H and O–H groups in total. The summed E-state index contributed by atoms with van der Waals surface area (Å²) in [6.07, 6.45) is 9.39. The van der Waals surface area contributed by atoms with E-state index < -0.39 is 13.9 Å². The van der Waals surface area contributed by atoms with Gasteiger partial charge in [-0.15, -0.1) is 0 Å². The first-order valence-electron chi connectivity index (χ1n) is 7.97. The molecule has 0 aliphatic heterocycles. The highest BCUT2D eigenvalue weighted by Crippen LogP contribution is 2.45. The van der Waals surface area contributed by atoms with Crippen LogP contribution >= 0.6 is 0 Å². The molecular weight excluding hydrogens is 284 g/mol. The summed E-state index contributed by atoms with van der Waals surface area (Å²) in [4.78, 5) is 0. The molecule has 1 aliphatic carbocycles. The standard InChI is InChI=1S/C20H28OSi/c1-17(18-13-9-7-10-14-18)20(15-11-8-12-16-20)21-22(5,6)19(2,3)4/h7-15H,1,16H2,2-6H3. The summed E-state index contributed by atoms with van der Waals surface area (Å²) in [6.45, 7) is 15.8. The van der Waals surface area contributed by atoms with Crippen LogP contribution in [0.3, 0.4) is 0 Å². The smallest absolute Gasteiger partial charge is 0.193 e. The lowest BCUT2D eigenvalue weighted by atomic mass is 9.84. The monoisotopic (exact) mass is 312 g/mol. The van der Waals surface area contributed by atoms with Crippen molar-refractivity contribution >= 4 is 13.9 Å². The van der Waals surface area contributed by atoms with Crippen molar-refractivity contribution in [2.45, 2.75) is 50.9 Å². The molecule has 0 saturated heterocycles. The van der Waals surface area contributed by atoms with Crippen LogP contribution in [0.15, 0.2) is 61.2 Å². The van der Waals surface area contributed by atoms with Crippen molar-refractivity contribution in [3.8, 4) is 0 Å². The van der Waals surface area contributed by atoms with E-state index >= 15 is 0 Å². The van der Waals surface area contributed by atoms with Crippen molar-refractivity contribution in [1.29, 1.82) is 0 Å². The zero-order valence-electron chi connectivity index (χ0n) is 14.5. The molecule has 1 nitrogen and oxygen atoms in total. The van der Waals surface area contributed by atoms with Crippen molar-refractivity contribution in [2.24, 2.45) is 0 Å². The Balaban J connectivity index is 2.40. The summed E-state index contributed by atoms with van der Waals surface area (Å²) < 4.78 is 6.85. The number of rotatable bonds is 4. The molecule has 1 aromatic carbocycles. The number of hydrogen-bond donors (Lipinski definition) is 0. The molecule has 0 saturated carbocycles. The minimum Gasteiger partial charge on any atom is -0.404 e. The van der Waals surface area contributed by atoms with Gasteiger partial charge in [0.05, 0.1) is 0 Å². The van der Waals surface area contributed by atoms with Crippen molar-refractivity contribution < 1.29 is 4.43 Å². The van der Waals surface area contributed by atoms with Gasteiger partial charge in [-0.25, -0.2) is 0 Å². The molecule has 0 aromatic heterocycles. The highest BCUT2D eigenvalue weighted by Gasteiger charge is 2.45. The van der Waals surface area contributed by atoms with Crippen LogP contribution in [0.5, 0.6) is 0 Å². The maximum atomic E-state index is 6.85. The first kappa shape index (κ1) is 17.0. The number of benzene rings is 1. The van der Waals surface area contributed by atoms with E-state index in [9.17, 15) is 0 Å². The van der Waals surface area contributed by atoms with Gasteiger partial charge in [0, 0.05) is 6.42 Å². The van der Waals surface area contributed by atoms with Gasteiger partial charge in [0.15, 0.2) is 8.32 Å². The van der Waals surface area contributed by atoms with Crippen LogP contribution < -0.4 is 0 Å². The van der Waals surface area contributed by atoms with Crippen LogP contribution in [-0.4, -0.2) is 13.9 Å². The fourth-order valence-electron chi connectivity index (χ4n) is 2.45. The quantitative estimate of drug-likeness (QED) is 0.622. The molecule has 1 atom stereocenters. The van der Waals surface area contributed by atoms with E-state index in [4.69, 9.17) is 4.43 Å². The fourth-order valence-corrected chi connectivity index (χ4v) is 3.95. The largest absolute Gasteiger partial charge is 0.404 e. The Labute approximate surface area is 136 Å². The third kappa shape index (κ3) is 3.34. The summed E-state index contributed by atoms with van der Waals surface area (Å²) >= 11 is 0. The second-order valence-electron chi connectivity index (χ2n) is 7.59. The normalized spacial score (nSPS) is 21.9. The van der Waals surface area contributed by atoms with Gasteiger partial charge >= 0.3 is 0 Å². The lowest BCUT2D eigenvalue weighted by Crippen LogP contribution is -2.49. The second-order valence-corrected chi connectivity index (χ2v) is 12.3. The minimum atomic E-state index is -1.91. The molecule has 0 spiro atoms. The predicted molar refractivity (Wildman–Crippen MR) is 99.4 cm³/mol. The van der Waals surface area contributed by atoms with E-state index in [2.05, 4.69) is 89.0 Å². The predicted octanol–water partition coefficient (Wildman–Crippen LogP) is 5.98. The van der Waals surface area contributed by atoms with E-state index in [1.165, 1.54) is 0 Å². The van der Waals surface area contributed by atoms with Gasteiger partial charge in [0.2, 0.25) is 0 Å². The molecule has 118 valence electrons. The lowest BCUT2D eigenvalue weighted by molar-refractivity contribution is 0.162. The summed E-state index contributed by atoms with van der Waals surface area (Å²) in [5.74, 6) is 0. The van der Waals surface area contributed by atoms with E-state index in [1.54, 1.807) is 0 Å². The molecule has 1 aliphatic rings. The van der Waals surface area contributed by atoms with E-state index in [1.807, 2.05) is 6.07 Å². The van der Waals surface area contributed by atoms with Gasteiger partial charge in [-0.05, 0) is 35.3 Å². The topological polar surface area (TPSA) is 9.23 Å². The first-order valence-corrected chi connectivity index (χ1v) is 10.9. The first-order chi connectivity index (χ1) is 10.2. The van der Waals surface area contributed by atoms with Crippen LogP contribution in [0.2, 0.25) is 18.1 Å². The number of allylic oxidation sites excluding steroid dienone is 2. The van der Waals surface area contributed by atoms with Crippen LogP contribution in [-0.2, 0) is 4.43 Å². The van der Waals surface area contributed by atoms with Gasteiger partial charge in [-0.3, -0.25) is 0 Å². The maximum absolute atomic E-state index is 6.85. The highest BCUT2D eigenvalue weighted by molar-refractivity contribution is 6.74. The second kappa shape index (κ2) is 6.02. The average Bonchev–Trinajstić information content (AvgIpc) is 2.46. The van der Waals surface area contributed by atoms with E-state index in [-0.39, 0.29) is 5.04 Å². The van der Waals surface area contributed by atoms with Crippen LogP contribution in [0.1, 0.15) is 32.8 Å². The Morgan fingerprint density at radius 1 is 1.14 bits per heavy atom. The average molecular weight is 313 g/mol. The summed E-state index contributed by atoms with van der Waals surface area (Å²) in [6, 6.07) is 10.4.